The normalized spacial score (nSPS) is 47.2. The fourth-order valence-corrected chi connectivity index (χ4v) is 3.37. The zero-order chi connectivity index (χ0) is 7.42. The van der Waals surface area contributed by atoms with Gasteiger partial charge in [-0.2, -0.15) is 0 Å². The number of fused-ring (bicyclic) bond motifs is 4. The van der Waals surface area contributed by atoms with Gasteiger partial charge in [-0.25, -0.2) is 0 Å². The van der Waals surface area contributed by atoms with Crippen molar-refractivity contribution >= 4 is 0 Å². The first-order valence-corrected chi connectivity index (χ1v) is 4.76. The van der Waals surface area contributed by atoms with Gasteiger partial charge in [-0.05, 0) is 49.5 Å². The van der Waals surface area contributed by atoms with Crippen molar-refractivity contribution in [3.63, 3.8) is 0 Å². The molecule has 1 nitrogen and oxygen atoms in total. The van der Waals surface area contributed by atoms with E-state index in [0.717, 1.165) is 18.3 Å². The Balaban J connectivity index is 2.07. The average Bonchev–Trinajstić information content (AvgIpc) is 2.52. The van der Waals surface area contributed by atoms with E-state index in [2.05, 4.69) is 0 Å². The van der Waals surface area contributed by atoms with Crippen LogP contribution >= 0.6 is 0 Å². The monoisotopic (exact) mass is 150 g/mol. The number of aliphatic hydroxyl groups excluding tert-OH is 1. The molecule has 0 aromatic carbocycles. The quantitative estimate of drug-likeness (QED) is 0.523. The summed E-state index contributed by atoms with van der Waals surface area (Å²) in [5.41, 5.74) is 3.10. The lowest BCUT2D eigenvalue weighted by Gasteiger charge is -2.20. The molecule has 0 aromatic rings. The summed E-state index contributed by atoms with van der Waals surface area (Å²) in [5, 5.41) is 9.61. The molecule has 0 spiro atoms. The minimum Gasteiger partial charge on any atom is -0.389 e. The third kappa shape index (κ3) is 0.652. The van der Waals surface area contributed by atoms with E-state index >= 15 is 0 Å². The summed E-state index contributed by atoms with van der Waals surface area (Å²) < 4.78 is 0. The lowest BCUT2D eigenvalue weighted by atomic mass is 9.88. The Hall–Kier alpha value is -0.300. The third-order valence-corrected chi connectivity index (χ3v) is 3.80. The van der Waals surface area contributed by atoms with Crippen molar-refractivity contribution in [3.05, 3.63) is 11.1 Å². The zero-order valence-electron chi connectivity index (χ0n) is 6.71. The molecule has 0 amide bonds. The minimum absolute atomic E-state index is 0.0376. The third-order valence-electron chi connectivity index (χ3n) is 3.80. The molecule has 0 heterocycles. The van der Waals surface area contributed by atoms with Gasteiger partial charge in [0.25, 0.3) is 0 Å². The molecular formula is C10H14O. The largest absolute Gasteiger partial charge is 0.389 e. The second kappa shape index (κ2) is 1.89. The van der Waals surface area contributed by atoms with Crippen LogP contribution < -0.4 is 0 Å². The maximum absolute atomic E-state index is 9.61. The van der Waals surface area contributed by atoms with Crippen molar-refractivity contribution in [2.75, 3.05) is 0 Å². The molecule has 3 rings (SSSR count). The van der Waals surface area contributed by atoms with Crippen LogP contribution in [0.4, 0.5) is 0 Å². The predicted octanol–water partition coefficient (Wildman–Crippen LogP) is 1.87. The highest BCUT2D eigenvalue weighted by molar-refractivity contribution is 5.34. The molecular weight excluding hydrogens is 136 g/mol. The molecule has 1 N–H and O–H groups in total. The number of aliphatic hydroxyl groups is 1. The molecule has 0 radical (unpaired) electrons. The smallest absolute Gasteiger partial charge is 0.0755 e. The summed E-state index contributed by atoms with van der Waals surface area (Å²) in [6.45, 7) is 0. The van der Waals surface area contributed by atoms with E-state index in [1.807, 2.05) is 0 Å². The van der Waals surface area contributed by atoms with E-state index in [0.29, 0.717) is 0 Å². The number of hydrogen-bond donors (Lipinski definition) is 1. The van der Waals surface area contributed by atoms with Gasteiger partial charge in [0.05, 0.1) is 6.10 Å². The average molecular weight is 150 g/mol. The molecule has 1 heteroatoms. The van der Waals surface area contributed by atoms with Crippen LogP contribution in [0.1, 0.15) is 32.1 Å². The molecule has 11 heavy (non-hydrogen) atoms. The minimum atomic E-state index is -0.0376. The van der Waals surface area contributed by atoms with Crippen molar-refractivity contribution in [2.24, 2.45) is 11.8 Å². The molecule has 3 aliphatic carbocycles. The molecule has 2 fully saturated rings. The van der Waals surface area contributed by atoms with Crippen molar-refractivity contribution in [2.45, 2.75) is 38.2 Å². The Morgan fingerprint density at radius 1 is 1.27 bits per heavy atom. The van der Waals surface area contributed by atoms with Gasteiger partial charge < -0.3 is 5.11 Å². The van der Waals surface area contributed by atoms with Gasteiger partial charge >= 0.3 is 0 Å². The van der Waals surface area contributed by atoms with Crippen LogP contribution in [-0.4, -0.2) is 11.2 Å². The van der Waals surface area contributed by atoms with E-state index in [-0.39, 0.29) is 6.10 Å². The summed E-state index contributed by atoms with van der Waals surface area (Å²) in [6.07, 6.45) is 6.37. The van der Waals surface area contributed by atoms with E-state index in [1.165, 1.54) is 31.3 Å². The summed E-state index contributed by atoms with van der Waals surface area (Å²) in [4.78, 5) is 0. The Labute approximate surface area is 67.1 Å². The van der Waals surface area contributed by atoms with Crippen molar-refractivity contribution in [1.29, 1.82) is 0 Å². The first kappa shape index (κ1) is 6.24. The van der Waals surface area contributed by atoms with E-state index in [4.69, 9.17) is 0 Å². The van der Waals surface area contributed by atoms with Crippen LogP contribution in [0.15, 0.2) is 11.1 Å². The SMILES string of the molecule is OC1CC2CC1=C1CCCC12. The van der Waals surface area contributed by atoms with Crippen LogP contribution in [-0.2, 0) is 0 Å². The molecule has 2 bridgehead atoms. The van der Waals surface area contributed by atoms with Gasteiger partial charge in [0, 0.05) is 0 Å². The summed E-state index contributed by atoms with van der Waals surface area (Å²) >= 11 is 0. The Kier molecular flexibility index (Phi) is 1.07. The summed E-state index contributed by atoms with van der Waals surface area (Å²) in [7, 11) is 0. The molecule has 3 atom stereocenters. The second-order valence-corrected chi connectivity index (χ2v) is 4.26. The molecule has 60 valence electrons. The van der Waals surface area contributed by atoms with E-state index < -0.39 is 0 Å². The van der Waals surface area contributed by atoms with Crippen LogP contribution in [0, 0.1) is 11.8 Å². The fourth-order valence-electron chi connectivity index (χ4n) is 3.37. The van der Waals surface area contributed by atoms with Gasteiger partial charge in [-0.1, -0.05) is 5.57 Å². The number of rotatable bonds is 0. The summed E-state index contributed by atoms with van der Waals surface area (Å²) in [5.74, 6) is 1.76. The lowest BCUT2D eigenvalue weighted by Crippen LogP contribution is -2.15. The van der Waals surface area contributed by atoms with Gasteiger partial charge in [0.15, 0.2) is 0 Å². The summed E-state index contributed by atoms with van der Waals surface area (Å²) in [6, 6.07) is 0. The Morgan fingerprint density at radius 3 is 3.09 bits per heavy atom. The molecule has 3 aliphatic rings. The Morgan fingerprint density at radius 2 is 2.18 bits per heavy atom. The standard InChI is InChI=1S/C10H14O/c11-10-5-6-4-9(10)8-3-1-2-7(6)8/h6-7,10-11H,1-5H2. The van der Waals surface area contributed by atoms with Crippen LogP contribution in [0.3, 0.4) is 0 Å². The maximum Gasteiger partial charge on any atom is 0.0755 e. The van der Waals surface area contributed by atoms with Gasteiger partial charge in [0.1, 0.15) is 0 Å². The highest BCUT2D eigenvalue weighted by atomic mass is 16.3. The zero-order valence-corrected chi connectivity index (χ0v) is 6.71. The highest BCUT2D eigenvalue weighted by Crippen LogP contribution is 2.54. The number of hydrogen-bond acceptors (Lipinski definition) is 1. The second-order valence-electron chi connectivity index (χ2n) is 4.26. The van der Waals surface area contributed by atoms with Crippen molar-refractivity contribution in [1.82, 2.24) is 0 Å². The number of allylic oxidation sites excluding steroid dienone is 1. The van der Waals surface area contributed by atoms with E-state index in [9.17, 15) is 5.11 Å². The maximum atomic E-state index is 9.61. The van der Waals surface area contributed by atoms with Crippen LogP contribution in [0.2, 0.25) is 0 Å². The van der Waals surface area contributed by atoms with Gasteiger partial charge in [-0.15, -0.1) is 0 Å². The van der Waals surface area contributed by atoms with Crippen LogP contribution in [0.25, 0.3) is 0 Å². The fraction of sp³-hybridized carbons (Fsp3) is 0.800. The topological polar surface area (TPSA) is 20.2 Å². The van der Waals surface area contributed by atoms with Gasteiger partial charge in [-0.3, -0.25) is 0 Å². The Bertz CT molecular complexity index is 229. The molecule has 0 aliphatic heterocycles. The first-order chi connectivity index (χ1) is 5.36. The predicted molar refractivity (Wildman–Crippen MR) is 43.1 cm³/mol. The molecule has 3 unspecified atom stereocenters. The van der Waals surface area contributed by atoms with Crippen molar-refractivity contribution < 1.29 is 5.11 Å². The van der Waals surface area contributed by atoms with Gasteiger partial charge in [0.2, 0.25) is 0 Å². The molecule has 0 aromatic heterocycles. The van der Waals surface area contributed by atoms with Crippen LogP contribution in [0.5, 0.6) is 0 Å². The highest BCUT2D eigenvalue weighted by Gasteiger charge is 2.45. The first-order valence-electron chi connectivity index (χ1n) is 4.76. The molecule has 2 saturated carbocycles. The van der Waals surface area contributed by atoms with E-state index in [1.54, 1.807) is 5.57 Å². The lowest BCUT2D eigenvalue weighted by molar-refractivity contribution is 0.188. The van der Waals surface area contributed by atoms with Crippen molar-refractivity contribution in [3.8, 4) is 0 Å². The molecule has 0 saturated heterocycles.